The van der Waals surface area contributed by atoms with Gasteiger partial charge in [-0.05, 0) is 67.7 Å². The van der Waals surface area contributed by atoms with Crippen LogP contribution in [0.1, 0.15) is 41.8 Å². The highest BCUT2D eigenvalue weighted by Gasteiger charge is 2.20. The molecule has 1 fully saturated rings. The third-order valence-electron chi connectivity index (χ3n) is 6.54. The van der Waals surface area contributed by atoms with Gasteiger partial charge < -0.3 is 25.4 Å². The fourth-order valence-corrected chi connectivity index (χ4v) is 4.58. The Kier molecular flexibility index (Phi) is 7.31. The summed E-state index contributed by atoms with van der Waals surface area (Å²) >= 11 is 0. The molecule has 192 valence electrons. The number of carbonyl (C=O) groups is 1. The van der Waals surface area contributed by atoms with Crippen LogP contribution < -0.4 is 16.0 Å². The molecule has 1 unspecified atom stereocenters. The molecular formula is C27H30N6O4. The van der Waals surface area contributed by atoms with E-state index in [1.807, 2.05) is 47.0 Å². The van der Waals surface area contributed by atoms with Crippen LogP contribution in [0.2, 0.25) is 0 Å². The molecule has 0 aliphatic heterocycles. The maximum atomic E-state index is 12.8. The minimum atomic E-state index is -0.900. The number of imidazole rings is 1. The first kappa shape index (κ1) is 24.7. The van der Waals surface area contributed by atoms with E-state index in [0.717, 1.165) is 48.0 Å². The summed E-state index contributed by atoms with van der Waals surface area (Å²) in [5.41, 5.74) is 4.01. The third-order valence-corrected chi connectivity index (χ3v) is 6.54. The first-order valence-corrected chi connectivity index (χ1v) is 12.3. The Bertz CT molecular complexity index is 1380. The van der Waals surface area contributed by atoms with Crippen molar-refractivity contribution < 1.29 is 19.5 Å². The fraction of sp³-hybridized carbons (Fsp3) is 0.296. The zero-order valence-electron chi connectivity index (χ0n) is 20.3. The van der Waals surface area contributed by atoms with Crippen LogP contribution in [-0.4, -0.2) is 49.2 Å². The maximum absolute atomic E-state index is 12.8. The van der Waals surface area contributed by atoms with Gasteiger partial charge in [0.25, 0.3) is 5.91 Å². The minimum absolute atomic E-state index is 0.0746. The summed E-state index contributed by atoms with van der Waals surface area (Å²) in [5.74, 6) is -0.0680. The lowest BCUT2D eigenvalue weighted by molar-refractivity contribution is 0.0987. The molecule has 2 aromatic carbocycles. The number of aliphatic hydroxyl groups excluding tert-OH is 2. The van der Waals surface area contributed by atoms with Crippen molar-refractivity contribution in [2.24, 2.45) is 0 Å². The highest BCUT2D eigenvalue weighted by atomic mass is 16.5. The molecule has 4 aromatic rings. The number of fused-ring (bicyclic) bond motifs is 1. The third kappa shape index (κ3) is 5.72. The number of hydrogen-bond acceptors (Lipinski definition) is 8. The highest BCUT2D eigenvalue weighted by Crippen LogP contribution is 2.28. The zero-order chi connectivity index (χ0) is 25.8. The van der Waals surface area contributed by atoms with Gasteiger partial charge in [-0.3, -0.25) is 14.7 Å². The Morgan fingerprint density at radius 1 is 1.19 bits per heavy atom. The van der Waals surface area contributed by atoms with Crippen molar-refractivity contribution in [3.63, 3.8) is 0 Å². The van der Waals surface area contributed by atoms with E-state index >= 15 is 0 Å². The standard InChI is InChI=1S/C27H30N6O4/c1-2-25(35)30-19-4-3-5-20(15-19)33-23-11-6-17(16-28-18-7-9-21(34)10-8-18)14-22(23)31-27(33)32-26(36)24-12-13-29-37-24/h2-6,11-15,18,21,25,28,30,34-35H,1,7-10,16H2,(H,31,32,36). The van der Waals surface area contributed by atoms with Gasteiger partial charge in [-0.2, -0.15) is 0 Å². The van der Waals surface area contributed by atoms with Crippen LogP contribution in [-0.2, 0) is 6.54 Å². The Morgan fingerprint density at radius 2 is 2.03 bits per heavy atom. The van der Waals surface area contributed by atoms with E-state index in [-0.39, 0.29) is 11.9 Å². The molecule has 0 saturated heterocycles. The Labute approximate surface area is 214 Å². The number of hydrogen-bond donors (Lipinski definition) is 5. The van der Waals surface area contributed by atoms with Crippen LogP contribution in [0.25, 0.3) is 16.7 Å². The van der Waals surface area contributed by atoms with E-state index in [1.54, 1.807) is 0 Å². The molecule has 10 nitrogen and oxygen atoms in total. The van der Waals surface area contributed by atoms with Crippen molar-refractivity contribution in [1.29, 1.82) is 0 Å². The molecular weight excluding hydrogens is 472 g/mol. The number of carbonyl (C=O) groups excluding carboxylic acids is 1. The van der Waals surface area contributed by atoms with Crippen LogP contribution in [0, 0.1) is 0 Å². The predicted molar refractivity (Wildman–Crippen MR) is 140 cm³/mol. The summed E-state index contributed by atoms with van der Waals surface area (Å²) < 4.78 is 6.85. The topological polar surface area (TPSA) is 137 Å². The van der Waals surface area contributed by atoms with Crippen LogP contribution in [0.15, 0.2) is 71.9 Å². The van der Waals surface area contributed by atoms with E-state index in [0.29, 0.717) is 24.2 Å². The van der Waals surface area contributed by atoms with Gasteiger partial charge in [0, 0.05) is 24.3 Å². The lowest BCUT2D eigenvalue weighted by Gasteiger charge is -2.26. The van der Waals surface area contributed by atoms with Crippen molar-refractivity contribution in [3.8, 4) is 5.69 Å². The number of nitrogens with zero attached hydrogens (tertiary/aromatic N) is 3. The van der Waals surface area contributed by atoms with Crippen molar-refractivity contribution >= 4 is 28.6 Å². The number of benzene rings is 2. The molecule has 0 bridgehead atoms. The van der Waals surface area contributed by atoms with Crippen LogP contribution in [0.5, 0.6) is 0 Å². The van der Waals surface area contributed by atoms with E-state index in [2.05, 4.69) is 27.7 Å². The fourth-order valence-electron chi connectivity index (χ4n) is 4.58. The smallest absolute Gasteiger partial charge is 0.296 e. The number of nitrogens with one attached hydrogen (secondary N) is 3. The molecule has 5 rings (SSSR count). The largest absolute Gasteiger partial charge is 0.393 e. The van der Waals surface area contributed by atoms with Gasteiger partial charge in [0.2, 0.25) is 11.7 Å². The summed E-state index contributed by atoms with van der Waals surface area (Å²) in [6.07, 6.45) is 5.29. The van der Waals surface area contributed by atoms with Crippen LogP contribution in [0.4, 0.5) is 11.6 Å². The number of rotatable bonds is 9. The molecule has 0 spiro atoms. The van der Waals surface area contributed by atoms with Crippen molar-refractivity contribution in [2.45, 2.75) is 50.6 Å². The number of aliphatic hydroxyl groups is 2. The van der Waals surface area contributed by atoms with Gasteiger partial charge >= 0.3 is 0 Å². The Balaban J connectivity index is 1.46. The average molecular weight is 503 g/mol. The van der Waals surface area contributed by atoms with Gasteiger partial charge in [0.15, 0.2) is 0 Å². The molecule has 5 N–H and O–H groups in total. The summed E-state index contributed by atoms with van der Waals surface area (Å²) in [4.78, 5) is 17.5. The number of aromatic nitrogens is 3. The number of anilines is 2. The summed E-state index contributed by atoms with van der Waals surface area (Å²) in [7, 11) is 0. The molecule has 0 radical (unpaired) electrons. The second-order valence-corrected chi connectivity index (χ2v) is 9.19. The molecule has 37 heavy (non-hydrogen) atoms. The Hall–Kier alpha value is -3.99. The first-order chi connectivity index (χ1) is 18.0. The van der Waals surface area contributed by atoms with Crippen molar-refractivity contribution in [3.05, 3.63) is 78.7 Å². The number of amides is 1. The Morgan fingerprint density at radius 3 is 2.78 bits per heavy atom. The maximum Gasteiger partial charge on any atom is 0.296 e. The van der Waals surface area contributed by atoms with E-state index in [1.165, 1.54) is 18.3 Å². The molecule has 1 saturated carbocycles. The van der Waals surface area contributed by atoms with Crippen molar-refractivity contribution in [1.82, 2.24) is 20.0 Å². The normalized spacial score (nSPS) is 18.4. The van der Waals surface area contributed by atoms with Gasteiger partial charge in [0.1, 0.15) is 6.23 Å². The first-order valence-electron chi connectivity index (χ1n) is 12.3. The van der Waals surface area contributed by atoms with Gasteiger partial charge in [0.05, 0.1) is 29.0 Å². The van der Waals surface area contributed by atoms with Crippen LogP contribution >= 0.6 is 0 Å². The molecule has 1 aliphatic rings. The average Bonchev–Trinajstić information content (AvgIpc) is 3.56. The van der Waals surface area contributed by atoms with Gasteiger partial charge in [-0.15, -0.1) is 0 Å². The minimum Gasteiger partial charge on any atom is -0.393 e. The van der Waals surface area contributed by atoms with E-state index in [9.17, 15) is 15.0 Å². The van der Waals surface area contributed by atoms with E-state index in [4.69, 9.17) is 9.51 Å². The van der Waals surface area contributed by atoms with Gasteiger partial charge in [-0.25, -0.2) is 4.98 Å². The zero-order valence-corrected chi connectivity index (χ0v) is 20.3. The quantitative estimate of drug-likeness (QED) is 0.173. The molecule has 2 aromatic heterocycles. The summed E-state index contributed by atoms with van der Waals surface area (Å²) in [5, 5.41) is 32.7. The van der Waals surface area contributed by atoms with Crippen molar-refractivity contribution in [2.75, 3.05) is 10.6 Å². The van der Waals surface area contributed by atoms with E-state index < -0.39 is 12.1 Å². The molecule has 10 heteroatoms. The second-order valence-electron chi connectivity index (χ2n) is 9.19. The lowest BCUT2D eigenvalue weighted by atomic mass is 9.93. The monoisotopic (exact) mass is 502 g/mol. The summed E-state index contributed by atoms with van der Waals surface area (Å²) in [6.45, 7) is 4.27. The molecule has 1 amide bonds. The molecule has 1 aliphatic carbocycles. The lowest BCUT2D eigenvalue weighted by Crippen LogP contribution is -2.34. The summed E-state index contributed by atoms with van der Waals surface area (Å²) in [6, 6.07) is 15.3. The predicted octanol–water partition coefficient (Wildman–Crippen LogP) is 3.58. The highest BCUT2D eigenvalue weighted by molar-refractivity contribution is 6.02. The van der Waals surface area contributed by atoms with Gasteiger partial charge in [-0.1, -0.05) is 23.9 Å². The molecule has 2 heterocycles. The van der Waals surface area contributed by atoms with Crippen LogP contribution in [0.3, 0.4) is 0 Å². The molecule has 1 atom stereocenters. The SMILES string of the molecule is C=CC(O)Nc1cccc(-n2c(NC(=O)c3ccno3)nc3cc(CNC4CCC(O)CC4)ccc32)c1. The second kappa shape index (κ2) is 11.0.